The third-order valence-corrected chi connectivity index (χ3v) is 3.30. The minimum Gasteiger partial charge on any atom is -0.456 e. The molecule has 0 unspecified atom stereocenters. The lowest BCUT2D eigenvalue weighted by Gasteiger charge is -1.98. The number of hydrogen-bond acceptors (Lipinski definition) is 3. The fourth-order valence-electron chi connectivity index (χ4n) is 2.28. The number of furan rings is 2. The summed E-state index contributed by atoms with van der Waals surface area (Å²) in [4.78, 5) is 0. The molecule has 0 aliphatic heterocycles. The second-order valence-electron chi connectivity index (χ2n) is 5.09. The van der Waals surface area contributed by atoms with E-state index in [1.165, 1.54) is 5.56 Å². The molecule has 0 saturated carbocycles. The summed E-state index contributed by atoms with van der Waals surface area (Å²) in [7, 11) is 0. The van der Waals surface area contributed by atoms with Gasteiger partial charge in [-0.15, -0.1) is 0 Å². The minimum atomic E-state index is 0.757. The fraction of sp³-hybridized carbons (Fsp3) is 0.294. The summed E-state index contributed by atoms with van der Waals surface area (Å²) in [5, 5.41) is 4.44. The van der Waals surface area contributed by atoms with Crippen LogP contribution in [0.4, 0.5) is 0 Å². The van der Waals surface area contributed by atoms with Gasteiger partial charge in [-0.2, -0.15) is 0 Å². The molecule has 0 aliphatic rings. The highest BCUT2D eigenvalue weighted by Gasteiger charge is 2.10. The van der Waals surface area contributed by atoms with Crippen LogP contribution in [0.15, 0.2) is 45.2 Å². The molecule has 0 spiro atoms. The van der Waals surface area contributed by atoms with Crippen LogP contribution in [0.3, 0.4) is 0 Å². The third-order valence-electron chi connectivity index (χ3n) is 3.30. The fourth-order valence-corrected chi connectivity index (χ4v) is 2.28. The van der Waals surface area contributed by atoms with E-state index in [1.54, 1.807) is 0 Å². The molecule has 0 fully saturated rings. The van der Waals surface area contributed by atoms with Gasteiger partial charge < -0.3 is 14.2 Å². The summed E-state index contributed by atoms with van der Waals surface area (Å²) >= 11 is 0. The van der Waals surface area contributed by atoms with Crippen molar-refractivity contribution in [1.29, 1.82) is 0 Å². The van der Waals surface area contributed by atoms with Crippen LogP contribution < -0.4 is 5.32 Å². The zero-order chi connectivity index (χ0) is 13.9. The smallest absolute Gasteiger partial charge is 0.170 e. The highest BCUT2D eigenvalue weighted by molar-refractivity contribution is 5.82. The van der Waals surface area contributed by atoms with Gasteiger partial charge in [-0.3, -0.25) is 0 Å². The molecule has 3 heteroatoms. The molecule has 1 N–H and O–H groups in total. The maximum absolute atomic E-state index is 5.83. The summed E-state index contributed by atoms with van der Waals surface area (Å²) in [5.41, 5.74) is 2.13. The Bertz CT molecular complexity index is 709. The van der Waals surface area contributed by atoms with Crippen LogP contribution in [0.1, 0.15) is 24.7 Å². The second-order valence-corrected chi connectivity index (χ2v) is 5.09. The summed E-state index contributed by atoms with van der Waals surface area (Å²) in [6.07, 6.45) is 1.12. The van der Waals surface area contributed by atoms with Crippen LogP contribution >= 0.6 is 0 Å². The molecule has 3 rings (SSSR count). The predicted octanol–water partition coefficient (Wildman–Crippen LogP) is 4.50. The number of fused-ring (bicyclic) bond motifs is 1. The van der Waals surface area contributed by atoms with Crippen molar-refractivity contribution in [2.75, 3.05) is 6.54 Å². The van der Waals surface area contributed by atoms with Crippen molar-refractivity contribution in [2.24, 2.45) is 0 Å². The van der Waals surface area contributed by atoms with E-state index in [0.29, 0.717) is 0 Å². The van der Waals surface area contributed by atoms with Crippen molar-refractivity contribution in [3.8, 4) is 11.5 Å². The van der Waals surface area contributed by atoms with Crippen LogP contribution in [0.2, 0.25) is 0 Å². The molecule has 3 aromatic rings. The van der Waals surface area contributed by atoms with E-state index >= 15 is 0 Å². The molecule has 20 heavy (non-hydrogen) atoms. The number of aryl methyl sites for hydroxylation is 1. The molecule has 0 saturated heterocycles. The van der Waals surface area contributed by atoms with Gasteiger partial charge in [0.2, 0.25) is 0 Å². The third kappa shape index (κ3) is 2.63. The van der Waals surface area contributed by atoms with Gasteiger partial charge in [0.1, 0.15) is 11.3 Å². The lowest BCUT2D eigenvalue weighted by molar-refractivity contribution is 0.479. The first-order valence-electron chi connectivity index (χ1n) is 7.06. The molecule has 0 bridgehead atoms. The molecule has 104 valence electrons. The van der Waals surface area contributed by atoms with Crippen molar-refractivity contribution in [1.82, 2.24) is 5.32 Å². The van der Waals surface area contributed by atoms with Crippen LogP contribution in [0.5, 0.6) is 0 Å². The second kappa shape index (κ2) is 5.55. The summed E-state index contributed by atoms with van der Waals surface area (Å²) in [5.74, 6) is 2.50. The normalized spacial score (nSPS) is 11.3. The number of rotatable bonds is 5. The van der Waals surface area contributed by atoms with Gasteiger partial charge >= 0.3 is 0 Å². The van der Waals surface area contributed by atoms with Crippen molar-refractivity contribution in [3.63, 3.8) is 0 Å². The summed E-state index contributed by atoms with van der Waals surface area (Å²) in [6.45, 7) is 5.99. The van der Waals surface area contributed by atoms with Crippen molar-refractivity contribution < 1.29 is 8.83 Å². The average Bonchev–Trinajstić information content (AvgIpc) is 3.04. The first kappa shape index (κ1) is 13.0. The van der Waals surface area contributed by atoms with E-state index in [9.17, 15) is 0 Å². The van der Waals surface area contributed by atoms with Gasteiger partial charge in [0.15, 0.2) is 11.5 Å². The topological polar surface area (TPSA) is 38.3 Å². The zero-order valence-corrected chi connectivity index (χ0v) is 11.9. The predicted molar refractivity (Wildman–Crippen MR) is 80.7 cm³/mol. The number of hydrogen-bond donors (Lipinski definition) is 1. The quantitative estimate of drug-likeness (QED) is 0.693. The first-order chi connectivity index (χ1) is 9.76. The van der Waals surface area contributed by atoms with Gasteiger partial charge in [0.05, 0.1) is 6.54 Å². The Balaban J connectivity index is 1.83. The van der Waals surface area contributed by atoms with Crippen molar-refractivity contribution in [2.45, 2.75) is 26.8 Å². The van der Waals surface area contributed by atoms with Crippen molar-refractivity contribution >= 4 is 11.0 Å². The molecule has 0 atom stereocenters. The Morgan fingerprint density at radius 2 is 1.90 bits per heavy atom. The lowest BCUT2D eigenvalue weighted by Crippen LogP contribution is -2.12. The van der Waals surface area contributed by atoms with Gasteiger partial charge in [-0.05, 0) is 50.2 Å². The van der Waals surface area contributed by atoms with Crippen molar-refractivity contribution in [3.05, 3.63) is 47.7 Å². The molecule has 2 heterocycles. The average molecular weight is 269 g/mol. The number of nitrogens with one attached hydrogen (secondary N) is 1. The largest absolute Gasteiger partial charge is 0.456 e. The van der Waals surface area contributed by atoms with Gasteiger partial charge in [-0.1, -0.05) is 18.6 Å². The Morgan fingerprint density at radius 1 is 1.00 bits per heavy atom. The monoisotopic (exact) mass is 269 g/mol. The van der Waals surface area contributed by atoms with Gasteiger partial charge in [0.25, 0.3) is 0 Å². The maximum atomic E-state index is 5.83. The molecule has 0 amide bonds. The zero-order valence-electron chi connectivity index (χ0n) is 11.9. The summed E-state index contributed by atoms with van der Waals surface area (Å²) < 4.78 is 11.7. The molecule has 0 aliphatic carbocycles. The number of benzene rings is 1. The van der Waals surface area contributed by atoms with Crippen LogP contribution in [-0.2, 0) is 6.54 Å². The minimum absolute atomic E-state index is 0.757. The van der Waals surface area contributed by atoms with E-state index in [4.69, 9.17) is 8.83 Å². The lowest BCUT2D eigenvalue weighted by atomic mass is 10.2. The molecule has 1 aromatic carbocycles. The Hall–Kier alpha value is -2.00. The highest BCUT2D eigenvalue weighted by atomic mass is 16.4. The van der Waals surface area contributed by atoms with E-state index in [-0.39, 0.29) is 0 Å². The van der Waals surface area contributed by atoms with E-state index in [2.05, 4.69) is 31.3 Å². The van der Waals surface area contributed by atoms with Crippen LogP contribution in [0.25, 0.3) is 22.5 Å². The standard InChI is InChI=1S/C17H19NO2/c1-3-8-18-11-14-5-7-16(19-14)17-10-13-9-12(2)4-6-15(13)20-17/h4-7,9-10,18H,3,8,11H2,1-2H3. The highest BCUT2D eigenvalue weighted by Crippen LogP contribution is 2.29. The van der Waals surface area contributed by atoms with E-state index in [1.807, 2.05) is 24.3 Å². The van der Waals surface area contributed by atoms with Gasteiger partial charge in [0, 0.05) is 5.39 Å². The summed E-state index contributed by atoms with van der Waals surface area (Å²) in [6, 6.07) is 12.2. The van der Waals surface area contributed by atoms with Gasteiger partial charge in [-0.25, -0.2) is 0 Å². The Kier molecular flexibility index (Phi) is 3.61. The first-order valence-corrected chi connectivity index (χ1v) is 7.06. The molecular formula is C17H19NO2. The Morgan fingerprint density at radius 3 is 2.75 bits per heavy atom. The van der Waals surface area contributed by atoms with E-state index in [0.717, 1.165) is 47.8 Å². The molecule has 0 radical (unpaired) electrons. The van der Waals surface area contributed by atoms with E-state index < -0.39 is 0 Å². The Labute approximate surface area is 118 Å². The van der Waals surface area contributed by atoms with Crippen LogP contribution in [-0.4, -0.2) is 6.54 Å². The molecule has 2 aromatic heterocycles. The maximum Gasteiger partial charge on any atom is 0.170 e. The van der Waals surface area contributed by atoms with Crippen LogP contribution in [0, 0.1) is 6.92 Å². The SMILES string of the molecule is CCCNCc1ccc(-c2cc3cc(C)ccc3o2)o1. The molecule has 3 nitrogen and oxygen atoms in total. The molecular weight excluding hydrogens is 250 g/mol.